The molecule has 0 aliphatic heterocycles. The quantitative estimate of drug-likeness (QED) is 0.140. The third-order valence-corrected chi connectivity index (χ3v) is 12.5. The molecule has 0 saturated carbocycles. The van der Waals surface area contributed by atoms with Gasteiger partial charge in [0.2, 0.25) is 6.71 Å². The van der Waals surface area contributed by atoms with Crippen LogP contribution in [0.1, 0.15) is 84.0 Å². The second kappa shape index (κ2) is 17.5. The largest absolute Gasteiger partial charge is 0.507 e. The van der Waals surface area contributed by atoms with Crippen molar-refractivity contribution in [2.45, 2.75) is 81.1 Å². The molecule has 0 amide bonds. The highest BCUT2D eigenvalue weighted by atomic mass is 16.3. The topological polar surface area (TPSA) is 46.0 Å². The van der Waals surface area contributed by atoms with Crippen molar-refractivity contribution in [3.05, 3.63) is 190 Å². The number of rotatable bonds is 10. The summed E-state index contributed by atoms with van der Waals surface area (Å²) < 4.78 is 0. The average molecular weight is 809 g/mol. The summed E-state index contributed by atoms with van der Waals surface area (Å²) in [6, 6.07) is 49.7. The maximum Gasteiger partial charge on any atom is 0.242 e. The van der Waals surface area contributed by atoms with E-state index in [2.05, 4.69) is 197 Å². The fraction of sp³-hybridized carbons (Fsp3) is 0.207. The van der Waals surface area contributed by atoms with Crippen molar-refractivity contribution in [2.24, 2.45) is 0 Å². The summed E-state index contributed by atoms with van der Waals surface area (Å²) in [5, 5.41) is 12.3. The van der Waals surface area contributed by atoms with Gasteiger partial charge in [-0.3, -0.25) is 4.98 Å². The molecule has 0 bridgehead atoms. The van der Waals surface area contributed by atoms with E-state index in [1.165, 1.54) is 61.0 Å². The van der Waals surface area contributed by atoms with E-state index in [9.17, 15) is 5.11 Å². The van der Waals surface area contributed by atoms with Gasteiger partial charge in [-0.15, -0.1) is 0 Å². The molecule has 2 heterocycles. The van der Waals surface area contributed by atoms with Crippen LogP contribution in [0.3, 0.4) is 0 Å². The molecule has 0 atom stereocenters. The van der Waals surface area contributed by atoms with Gasteiger partial charge in [-0.25, -0.2) is 4.98 Å². The minimum atomic E-state index is -0.0609. The van der Waals surface area contributed by atoms with E-state index < -0.39 is 0 Å². The predicted molar refractivity (Wildman–Crippen MR) is 265 cm³/mol. The molecule has 2 aromatic heterocycles. The fourth-order valence-electron chi connectivity index (χ4n) is 9.80. The van der Waals surface area contributed by atoms with Gasteiger partial charge >= 0.3 is 0 Å². The smallest absolute Gasteiger partial charge is 0.242 e. The van der Waals surface area contributed by atoms with Crippen molar-refractivity contribution in [1.82, 2.24) is 9.97 Å². The van der Waals surface area contributed by atoms with E-state index in [-0.39, 0.29) is 12.5 Å². The van der Waals surface area contributed by atoms with Crippen LogP contribution in [-0.2, 0) is 0 Å². The van der Waals surface area contributed by atoms with Gasteiger partial charge < -0.3 is 5.11 Å². The third kappa shape index (κ3) is 8.39. The average Bonchev–Trinajstić information content (AvgIpc) is 3.25. The zero-order chi connectivity index (χ0) is 43.8. The lowest BCUT2D eigenvalue weighted by Gasteiger charge is -2.25. The Morgan fingerprint density at radius 2 is 0.968 bits per heavy atom. The van der Waals surface area contributed by atoms with Crippen LogP contribution in [-0.4, -0.2) is 21.8 Å². The summed E-state index contributed by atoms with van der Waals surface area (Å²) in [4.78, 5) is 10.2. The maximum atomic E-state index is 12.3. The molecule has 4 heteroatoms. The number of aromatic hydroxyl groups is 1. The van der Waals surface area contributed by atoms with Crippen molar-refractivity contribution in [2.75, 3.05) is 0 Å². The first kappa shape index (κ1) is 42.2. The number of phenols is 1. The molecule has 8 aromatic rings. The van der Waals surface area contributed by atoms with Crippen molar-refractivity contribution < 1.29 is 5.11 Å². The van der Waals surface area contributed by atoms with Crippen molar-refractivity contribution in [3.63, 3.8) is 0 Å². The van der Waals surface area contributed by atoms with E-state index in [0.717, 1.165) is 50.4 Å². The molecule has 0 aliphatic carbocycles. The number of pyridine rings is 2. The van der Waals surface area contributed by atoms with Crippen LogP contribution in [0.5, 0.6) is 5.75 Å². The van der Waals surface area contributed by atoms with Crippen LogP contribution >= 0.6 is 0 Å². The number of aromatic nitrogens is 2. The number of phenolic OH excluding ortho intramolecular Hbond substituents is 1. The fourth-order valence-corrected chi connectivity index (χ4v) is 9.80. The molecule has 0 radical (unpaired) electrons. The lowest BCUT2D eigenvalue weighted by atomic mass is 9.34. The zero-order valence-electron chi connectivity index (χ0n) is 37.9. The minimum Gasteiger partial charge on any atom is -0.507 e. The van der Waals surface area contributed by atoms with Gasteiger partial charge in [0.1, 0.15) is 5.75 Å². The zero-order valence-corrected chi connectivity index (χ0v) is 37.9. The van der Waals surface area contributed by atoms with Gasteiger partial charge in [0.15, 0.2) is 0 Å². The Morgan fingerprint density at radius 1 is 0.452 bits per heavy atom. The summed E-state index contributed by atoms with van der Waals surface area (Å²) >= 11 is 0. The molecule has 3 nitrogen and oxygen atoms in total. The molecule has 308 valence electrons. The number of aryl methyl sites for hydroxylation is 6. The molecular weight excluding hydrogens is 751 g/mol. The van der Waals surface area contributed by atoms with Gasteiger partial charge in [-0.1, -0.05) is 175 Å². The molecule has 6 aromatic carbocycles. The number of hydrogen-bond acceptors (Lipinski definition) is 3. The maximum absolute atomic E-state index is 12.3. The summed E-state index contributed by atoms with van der Waals surface area (Å²) in [5.74, 6) is 0.828. The van der Waals surface area contributed by atoms with Crippen LogP contribution in [0.25, 0.3) is 56.0 Å². The molecule has 1 N–H and O–H groups in total. The second-order valence-corrected chi connectivity index (χ2v) is 18.0. The highest BCUT2D eigenvalue weighted by Crippen LogP contribution is 2.40. The van der Waals surface area contributed by atoms with Crippen LogP contribution < -0.4 is 16.4 Å². The predicted octanol–water partition coefficient (Wildman–Crippen LogP) is 13.1. The molecule has 0 saturated heterocycles. The van der Waals surface area contributed by atoms with E-state index in [1.54, 1.807) is 0 Å². The molecule has 0 unspecified atom stereocenters. The SMILES string of the molecule is Cc1cc(C)c(B(c2ccc(-c3cc(-c4c(C(C)C)cccc4C(C)C)cc(-c4cccc(-c5cc(-c6ccccc6)ccn5)c4)n3)c(O)c2)c2c(C)cc(C)cc2C)c(C)c1. The Labute approximate surface area is 369 Å². The van der Waals surface area contributed by atoms with Crippen LogP contribution in [0.2, 0.25) is 0 Å². The van der Waals surface area contributed by atoms with Gasteiger partial charge in [0.05, 0.1) is 17.1 Å². The second-order valence-electron chi connectivity index (χ2n) is 18.0. The Balaban J connectivity index is 1.32. The Kier molecular flexibility index (Phi) is 11.9. The molecule has 0 fully saturated rings. The highest BCUT2D eigenvalue weighted by molar-refractivity contribution is 6.96. The Morgan fingerprint density at radius 3 is 1.53 bits per heavy atom. The van der Waals surface area contributed by atoms with E-state index >= 15 is 0 Å². The first-order valence-electron chi connectivity index (χ1n) is 22.0. The number of benzene rings is 6. The standard InChI is InChI=1S/C58H57BN2O/c1-35(2)49-20-15-21-50(36(3)4)56(49)47-32-53(46-19-14-18-45(30-46)52-31-44(24-25-60-52)43-16-12-11-13-17-43)61-54(33-47)51-23-22-48(34-55(51)62)59(57-39(7)26-37(5)27-40(57)8)58-41(9)28-38(6)29-42(58)10/h11-36,62H,1-10H3. The Hall–Kier alpha value is -6.52. The van der Waals surface area contributed by atoms with E-state index in [4.69, 9.17) is 9.97 Å². The first-order chi connectivity index (χ1) is 29.8. The number of nitrogens with zero attached hydrogens (tertiary/aromatic N) is 2. The summed E-state index contributed by atoms with van der Waals surface area (Å²) in [6.45, 7) is 22.2. The lowest BCUT2D eigenvalue weighted by molar-refractivity contribution is 0.477. The summed E-state index contributed by atoms with van der Waals surface area (Å²) in [5.41, 5.74) is 23.5. The minimum absolute atomic E-state index is 0.0609. The van der Waals surface area contributed by atoms with Crippen LogP contribution in [0, 0.1) is 41.5 Å². The van der Waals surface area contributed by atoms with Crippen LogP contribution in [0.15, 0.2) is 146 Å². The monoisotopic (exact) mass is 808 g/mol. The van der Waals surface area contributed by atoms with Gasteiger partial charge in [-0.2, -0.15) is 0 Å². The number of hydrogen-bond donors (Lipinski definition) is 1. The van der Waals surface area contributed by atoms with Crippen molar-refractivity contribution in [1.29, 1.82) is 0 Å². The van der Waals surface area contributed by atoms with Gasteiger partial charge in [0, 0.05) is 22.9 Å². The molecule has 0 aliphatic rings. The summed E-state index contributed by atoms with van der Waals surface area (Å²) in [6.07, 6.45) is 1.89. The normalized spacial score (nSPS) is 11.4. The van der Waals surface area contributed by atoms with Gasteiger partial charge in [-0.05, 0) is 129 Å². The molecule has 8 rings (SSSR count). The van der Waals surface area contributed by atoms with Crippen molar-refractivity contribution >= 4 is 23.1 Å². The molecule has 0 spiro atoms. The highest BCUT2D eigenvalue weighted by Gasteiger charge is 2.29. The Bertz CT molecular complexity index is 2820. The molecule has 62 heavy (non-hydrogen) atoms. The van der Waals surface area contributed by atoms with Crippen molar-refractivity contribution in [3.8, 4) is 61.8 Å². The summed E-state index contributed by atoms with van der Waals surface area (Å²) in [7, 11) is 0. The van der Waals surface area contributed by atoms with Gasteiger partial charge in [0.25, 0.3) is 0 Å². The van der Waals surface area contributed by atoms with Crippen LogP contribution in [0.4, 0.5) is 0 Å². The van der Waals surface area contributed by atoms with E-state index in [0.29, 0.717) is 17.4 Å². The molecular formula is C58H57BN2O. The first-order valence-corrected chi connectivity index (χ1v) is 22.0. The lowest BCUT2D eigenvalue weighted by Crippen LogP contribution is -2.55. The third-order valence-electron chi connectivity index (χ3n) is 12.5. The van der Waals surface area contributed by atoms with E-state index in [1.807, 2.05) is 18.3 Å².